The van der Waals surface area contributed by atoms with Gasteiger partial charge in [0.25, 0.3) is 0 Å². The van der Waals surface area contributed by atoms with Gasteiger partial charge >= 0.3 is 0 Å². The predicted molar refractivity (Wildman–Crippen MR) is 75.3 cm³/mol. The van der Waals surface area contributed by atoms with Gasteiger partial charge in [0, 0.05) is 25.5 Å². The van der Waals surface area contributed by atoms with Crippen molar-refractivity contribution in [2.75, 3.05) is 23.8 Å². The van der Waals surface area contributed by atoms with Crippen LogP contribution in [-0.4, -0.2) is 23.6 Å². The summed E-state index contributed by atoms with van der Waals surface area (Å²) in [7, 11) is 1.85. The molecule has 1 N–H and O–H groups in total. The number of hydrogen-bond acceptors (Lipinski definition) is 4. The SMILES string of the molecule is CCCNc1nccc(N(C)c2cccc(F)c2)n1. The van der Waals surface area contributed by atoms with Gasteiger partial charge in [-0.2, -0.15) is 4.98 Å². The van der Waals surface area contributed by atoms with Crippen LogP contribution in [0.4, 0.5) is 21.8 Å². The molecule has 0 aliphatic rings. The minimum absolute atomic E-state index is 0.261. The quantitative estimate of drug-likeness (QED) is 0.896. The summed E-state index contributed by atoms with van der Waals surface area (Å²) in [6.07, 6.45) is 2.70. The van der Waals surface area contributed by atoms with Crippen LogP contribution in [0, 0.1) is 5.82 Å². The highest BCUT2D eigenvalue weighted by atomic mass is 19.1. The lowest BCUT2D eigenvalue weighted by Gasteiger charge is -2.18. The lowest BCUT2D eigenvalue weighted by Crippen LogP contribution is -2.13. The van der Waals surface area contributed by atoms with Gasteiger partial charge in [0.2, 0.25) is 5.95 Å². The van der Waals surface area contributed by atoms with E-state index in [1.807, 2.05) is 18.0 Å². The zero-order valence-electron chi connectivity index (χ0n) is 11.1. The minimum atomic E-state index is -0.261. The normalized spacial score (nSPS) is 10.3. The van der Waals surface area contributed by atoms with Crippen LogP contribution < -0.4 is 10.2 Å². The summed E-state index contributed by atoms with van der Waals surface area (Å²) in [4.78, 5) is 10.4. The van der Waals surface area contributed by atoms with Crippen LogP contribution in [0.3, 0.4) is 0 Å². The molecule has 0 aliphatic carbocycles. The number of nitrogens with one attached hydrogen (secondary N) is 1. The van der Waals surface area contributed by atoms with Gasteiger partial charge < -0.3 is 10.2 Å². The molecule has 0 saturated heterocycles. The van der Waals surface area contributed by atoms with Crippen molar-refractivity contribution in [1.82, 2.24) is 9.97 Å². The zero-order chi connectivity index (χ0) is 13.7. The van der Waals surface area contributed by atoms with Gasteiger partial charge in [-0.05, 0) is 30.7 Å². The molecule has 0 atom stereocenters. The van der Waals surface area contributed by atoms with E-state index in [-0.39, 0.29) is 5.82 Å². The van der Waals surface area contributed by atoms with E-state index in [2.05, 4.69) is 22.2 Å². The lowest BCUT2D eigenvalue weighted by atomic mass is 10.3. The maximum absolute atomic E-state index is 13.2. The molecule has 0 spiro atoms. The van der Waals surface area contributed by atoms with Crippen LogP contribution in [0.25, 0.3) is 0 Å². The maximum atomic E-state index is 13.2. The largest absolute Gasteiger partial charge is 0.354 e. The molecule has 2 aromatic rings. The van der Waals surface area contributed by atoms with Gasteiger partial charge in [0.05, 0.1) is 0 Å². The van der Waals surface area contributed by atoms with Gasteiger partial charge in [-0.25, -0.2) is 9.37 Å². The minimum Gasteiger partial charge on any atom is -0.354 e. The highest BCUT2D eigenvalue weighted by molar-refractivity contribution is 5.59. The van der Waals surface area contributed by atoms with E-state index < -0.39 is 0 Å². The molecule has 0 amide bonds. The highest BCUT2D eigenvalue weighted by Crippen LogP contribution is 2.22. The standard InChI is InChI=1S/C14H17FN4/c1-3-8-16-14-17-9-7-13(18-14)19(2)12-6-4-5-11(15)10-12/h4-7,9-10H,3,8H2,1-2H3,(H,16,17,18). The number of aromatic nitrogens is 2. The summed E-state index contributed by atoms with van der Waals surface area (Å²) < 4.78 is 13.2. The molecule has 0 bridgehead atoms. The molecule has 0 aliphatic heterocycles. The van der Waals surface area contributed by atoms with Crippen molar-refractivity contribution >= 4 is 17.5 Å². The fraction of sp³-hybridized carbons (Fsp3) is 0.286. The van der Waals surface area contributed by atoms with Crippen molar-refractivity contribution in [3.8, 4) is 0 Å². The van der Waals surface area contributed by atoms with Gasteiger partial charge in [-0.3, -0.25) is 0 Å². The van der Waals surface area contributed by atoms with Crippen molar-refractivity contribution in [2.45, 2.75) is 13.3 Å². The van der Waals surface area contributed by atoms with Crippen LogP contribution in [0.15, 0.2) is 36.5 Å². The molecule has 19 heavy (non-hydrogen) atoms. The van der Waals surface area contributed by atoms with E-state index in [1.165, 1.54) is 12.1 Å². The number of halogens is 1. The lowest BCUT2D eigenvalue weighted by molar-refractivity contribution is 0.628. The highest BCUT2D eigenvalue weighted by Gasteiger charge is 2.07. The Hall–Kier alpha value is -2.17. The van der Waals surface area contributed by atoms with Crippen LogP contribution in [-0.2, 0) is 0 Å². The third kappa shape index (κ3) is 3.40. The maximum Gasteiger partial charge on any atom is 0.224 e. The van der Waals surface area contributed by atoms with Crippen molar-refractivity contribution < 1.29 is 4.39 Å². The Morgan fingerprint density at radius 3 is 2.89 bits per heavy atom. The smallest absolute Gasteiger partial charge is 0.224 e. The molecule has 1 heterocycles. The van der Waals surface area contributed by atoms with Crippen molar-refractivity contribution in [2.24, 2.45) is 0 Å². The number of anilines is 3. The van der Waals surface area contributed by atoms with Crippen LogP contribution in [0.2, 0.25) is 0 Å². The third-order valence-electron chi connectivity index (χ3n) is 2.71. The van der Waals surface area contributed by atoms with E-state index in [0.29, 0.717) is 5.95 Å². The average molecular weight is 260 g/mol. The Labute approximate surface area is 112 Å². The Morgan fingerprint density at radius 2 is 2.16 bits per heavy atom. The summed E-state index contributed by atoms with van der Waals surface area (Å²) in [5.41, 5.74) is 0.750. The summed E-state index contributed by atoms with van der Waals surface area (Å²) in [5, 5.41) is 3.13. The summed E-state index contributed by atoms with van der Waals surface area (Å²) >= 11 is 0. The van der Waals surface area contributed by atoms with Gasteiger partial charge in [-0.1, -0.05) is 13.0 Å². The second-order valence-corrected chi connectivity index (χ2v) is 4.20. The van der Waals surface area contributed by atoms with E-state index in [9.17, 15) is 4.39 Å². The molecule has 0 saturated carbocycles. The second-order valence-electron chi connectivity index (χ2n) is 4.20. The van der Waals surface area contributed by atoms with E-state index in [4.69, 9.17) is 0 Å². The molecule has 4 nitrogen and oxygen atoms in total. The van der Waals surface area contributed by atoms with Crippen molar-refractivity contribution in [1.29, 1.82) is 0 Å². The molecular formula is C14H17FN4. The van der Waals surface area contributed by atoms with E-state index >= 15 is 0 Å². The number of rotatable bonds is 5. The molecule has 0 radical (unpaired) electrons. The van der Waals surface area contributed by atoms with Crippen LogP contribution in [0.1, 0.15) is 13.3 Å². The second kappa shape index (κ2) is 6.13. The summed E-state index contributed by atoms with van der Waals surface area (Å²) in [6.45, 7) is 2.91. The Balaban J connectivity index is 2.21. The van der Waals surface area contributed by atoms with E-state index in [1.54, 1.807) is 18.3 Å². The molecule has 1 aromatic carbocycles. The first-order chi connectivity index (χ1) is 9.20. The monoisotopic (exact) mass is 260 g/mol. The Kier molecular flexibility index (Phi) is 4.28. The fourth-order valence-corrected chi connectivity index (χ4v) is 1.67. The predicted octanol–water partition coefficient (Wildman–Crippen LogP) is 3.21. The van der Waals surface area contributed by atoms with Crippen LogP contribution >= 0.6 is 0 Å². The molecular weight excluding hydrogens is 243 g/mol. The molecule has 0 unspecified atom stereocenters. The molecule has 2 rings (SSSR count). The zero-order valence-corrected chi connectivity index (χ0v) is 11.1. The van der Waals surface area contributed by atoms with Crippen molar-refractivity contribution in [3.63, 3.8) is 0 Å². The van der Waals surface area contributed by atoms with Gasteiger partial charge in [0.15, 0.2) is 0 Å². The first-order valence-electron chi connectivity index (χ1n) is 6.27. The molecule has 5 heteroatoms. The first kappa shape index (κ1) is 13.3. The number of benzene rings is 1. The topological polar surface area (TPSA) is 41.1 Å². The average Bonchev–Trinajstić information content (AvgIpc) is 2.44. The Bertz CT molecular complexity index is 544. The van der Waals surface area contributed by atoms with Crippen molar-refractivity contribution in [3.05, 3.63) is 42.3 Å². The van der Waals surface area contributed by atoms with Gasteiger partial charge in [-0.15, -0.1) is 0 Å². The van der Waals surface area contributed by atoms with Gasteiger partial charge in [0.1, 0.15) is 11.6 Å². The number of nitrogens with zero attached hydrogens (tertiary/aromatic N) is 3. The Morgan fingerprint density at radius 1 is 1.32 bits per heavy atom. The molecule has 1 aromatic heterocycles. The summed E-state index contributed by atoms with van der Waals surface area (Å²) in [6, 6.07) is 8.21. The molecule has 100 valence electrons. The first-order valence-corrected chi connectivity index (χ1v) is 6.27. The van der Waals surface area contributed by atoms with E-state index in [0.717, 1.165) is 24.5 Å². The third-order valence-corrected chi connectivity index (χ3v) is 2.71. The van der Waals surface area contributed by atoms with Crippen LogP contribution in [0.5, 0.6) is 0 Å². The fourth-order valence-electron chi connectivity index (χ4n) is 1.67. The summed E-state index contributed by atoms with van der Waals surface area (Å²) in [5.74, 6) is 1.05. The molecule has 0 fully saturated rings. The number of hydrogen-bond donors (Lipinski definition) is 1.